The van der Waals surface area contributed by atoms with Gasteiger partial charge < -0.3 is 14.7 Å². The van der Waals surface area contributed by atoms with E-state index in [9.17, 15) is 9.90 Å². The highest BCUT2D eigenvalue weighted by molar-refractivity contribution is 5.75. The Balaban J connectivity index is 1.55. The SMILES string of the molecule is O=C(O)[C@H]1c2nc[nH]c2CCN1Cc1ccc(-n2ccnc2)cc1. The van der Waals surface area contributed by atoms with Crippen molar-refractivity contribution in [2.75, 3.05) is 6.54 Å². The molecule has 24 heavy (non-hydrogen) atoms. The van der Waals surface area contributed by atoms with Crippen molar-refractivity contribution in [1.29, 1.82) is 0 Å². The topological polar surface area (TPSA) is 87.0 Å². The normalized spacial score (nSPS) is 17.6. The van der Waals surface area contributed by atoms with Gasteiger partial charge in [0.05, 0.1) is 18.3 Å². The highest BCUT2D eigenvalue weighted by atomic mass is 16.4. The quantitative estimate of drug-likeness (QED) is 0.764. The van der Waals surface area contributed by atoms with E-state index >= 15 is 0 Å². The number of imidazole rings is 2. The second kappa shape index (κ2) is 5.93. The van der Waals surface area contributed by atoms with Gasteiger partial charge in [-0.05, 0) is 17.7 Å². The molecule has 0 unspecified atom stereocenters. The lowest BCUT2D eigenvalue weighted by molar-refractivity contribution is -0.144. The van der Waals surface area contributed by atoms with Crippen LogP contribution in [-0.2, 0) is 17.8 Å². The van der Waals surface area contributed by atoms with Crippen LogP contribution in [0.2, 0.25) is 0 Å². The Morgan fingerprint density at radius 3 is 2.88 bits per heavy atom. The summed E-state index contributed by atoms with van der Waals surface area (Å²) in [5.41, 5.74) is 3.65. The fourth-order valence-electron chi connectivity index (χ4n) is 3.19. The first kappa shape index (κ1) is 14.6. The summed E-state index contributed by atoms with van der Waals surface area (Å²) >= 11 is 0. The molecule has 0 amide bonds. The maximum atomic E-state index is 11.7. The number of fused-ring (bicyclic) bond motifs is 1. The van der Waals surface area contributed by atoms with Crippen LogP contribution in [0.25, 0.3) is 5.69 Å². The number of rotatable bonds is 4. The maximum Gasteiger partial charge on any atom is 0.327 e. The number of aromatic amines is 1. The molecule has 0 spiro atoms. The number of hydrogen-bond acceptors (Lipinski definition) is 4. The number of aliphatic carboxylic acids is 1. The summed E-state index contributed by atoms with van der Waals surface area (Å²) in [6, 6.07) is 7.36. The van der Waals surface area contributed by atoms with Crippen molar-refractivity contribution in [1.82, 2.24) is 24.4 Å². The summed E-state index contributed by atoms with van der Waals surface area (Å²) < 4.78 is 1.93. The van der Waals surface area contributed by atoms with Crippen LogP contribution in [0, 0.1) is 0 Å². The van der Waals surface area contributed by atoms with Crippen molar-refractivity contribution >= 4 is 5.97 Å². The molecule has 0 saturated carbocycles. The smallest absolute Gasteiger partial charge is 0.327 e. The zero-order chi connectivity index (χ0) is 16.5. The summed E-state index contributed by atoms with van der Waals surface area (Å²) in [4.78, 5) is 25.0. The standard InChI is InChI=1S/C17H17N5O2/c23-17(24)16-15-14(19-10-20-15)5-7-21(16)9-12-1-3-13(4-2-12)22-8-6-18-11-22/h1-4,6,8,10-11,16H,5,7,9H2,(H,19,20)(H,23,24)/t16-/m1/s1. The zero-order valence-corrected chi connectivity index (χ0v) is 13.0. The largest absolute Gasteiger partial charge is 0.480 e. The Morgan fingerprint density at radius 1 is 1.33 bits per heavy atom. The molecular weight excluding hydrogens is 306 g/mol. The Morgan fingerprint density at radius 2 is 2.17 bits per heavy atom. The number of nitrogens with one attached hydrogen (secondary N) is 1. The van der Waals surface area contributed by atoms with Crippen LogP contribution in [0.5, 0.6) is 0 Å². The zero-order valence-electron chi connectivity index (χ0n) is 13.0. The Labute approximate surface area is 138 Å². The van der Waals surface area contributed by atoms with Crippen molar-refractivity contribution in [3.63, 3.8) is 0 Å². The lowest BCUT2D eigenvalue weighted by Crippen LogP contribution is -2.39. The first-order valence-corrected chi connectivity index (χ1v) is 7.78. The molecule has 0 radical (unpaired) electrons. The van der Waals surface area contributed by atoms with E-state index in [-0.39, 0.29) is 0 Å². The molecule has 122 valence electrons. The molecule has 0 saturated heterocycles. The molecule has 2 aromatic heterocycles. The van der Waals surface area contributed by atoms with E-state index in [2.05, 4.69) is 15.0 Å². The predicted octanol–water partition coefficient (Wildman–Crippen LogP) is 1.78. The van der Waals surface area contributed by atoms with Crippen molar-refractivity contribution in [2.45, 2.75) is 19.0 Å². The van der Waals surface area contributed by atoms with E-state index in [0.29, 0.717) is 18.8 Å². The van der Waals surface area contributed by atoms with E-state index in [1.54, 1.807) is 18.9 Å². The minimum absolute atomic E-state index is 0.577. The number of benzene rings is 1. The van der Waals surface area contributed by atoms with Gasteiger partial charge in [-0.2, -0.15) is 0 Å². The molecule has 1 aliphatic heterocycles. The lowest BCUT2D eigenvalue weighted by Gasteiger charge is -2.32. The molecule has 0 fully saturated rings. The molecule has 3 heterocycles. The molecule has 7 nitrogen and oxygen atoms in total. The average Bonchev–Trinajstić information content (AvgIpc) is 3.26. The van der Waals surface area contributed by atoms with Crippen LogP contribution in [-0.4, -0.2) is 42.0 Å². The van der Waals surface area contributed by atoms with Gasteiger partial charge in [0.25, 0.3) is 0 Å². The molecular formula is C17H17N5O2. The van der Waals surface area contributed by atoms with Crippen LogP contribution < -0.4 is 0 Å². The van der Waals surface area contributed by atoms with Gasteiger partial charge in [-0.15, -0.1) is 0 Å². The van der Waals surface area contributed by atoms with Gasteiger partial charge in [-0.1, -0.05) is 12.1 Å². The number of aromatic nitrogens is 4. The fourth-order valence-corrected chi connectivity index (χ4v) is 3.19. The van der Waals surface area contributed by atoms with E-state index in [0.717, 1.165) is 23.4 Å². The van der Waals surface area contributed by atoms with Gasteiger partial charge in [-0.3, -0.25) is 9.69 Å². The number of H-pyrrole nitrogens is 1. The van der Waals surface area contributed by atoms with Crippen molar-refractivity contribution < 1.29 is 9.90 Å². The number of hydrogen-bond donors (Lipinski definition) is 2. The molecule has 1 atom stereocenters. The summed E-state index contributed by atoms with van der Waals surface area (Å²) in [6.45, 7) is 1.27. The number of nitrogens with zero attached hydrogens (tertiary/aromatic N) is 4. The van der Waals surface area contributed by atoms with Crippen LogP contribution in [0.3, 0.4) is 0 Å². The molecule has 2 N–H and O–H groups in total. The van der Waals surface area contributed by atoms with Crippen LogP contribution in [0.4, 0.5) is 0 Å². The minimum Gasteiger partial charge on any atom is -0.480 e. The third-order valence-electron chi connectivity index (χ3n) is 4.38. The molecule has 1 aromatic carbocycles. The van der Waals surface area contributed by atoms with Gasteiger partial charge in [-0.25, -0.2) is 9.97 Å². The first-order valence-electron chi connectivity index (χ1n) is 7.78. The van der Waals surface area contributed by atoms with Crippen LogP contribution in [0.15, 0.2) is 49.3 Å². The van der Waals surface area contributed by atoms with Crippen LogP contribution in [0.1, 0.15) is 23.0 Å². The van der Waals surface area contributed by atoms with Crippen molar-refractivity contribution in [3.05, 3.63) is 66.3 Å². The Kier molecular flexibility index (Phi) is 3.62. The van der Waals surface area contributed by atoms with E-state index in [1.165, 1.54) is 0 Å². The maximum absolute atomic E-state index is 11.7. The molecule has 7 heteroatoms. The summed E-state index contributed by atoms with van der Waals surface area (Å²) in [7, 11) is 0. The summed E-state index contributed by atoms with van der Waals surface area (Å²) in [6.07, 6.45) is 7.73. The lowest BCUT2D eigenvalue weighted by atomic mass is 10.0. The molecule has 4 rings (SSSR count). The van der Waals surface area contributed by atoms with E-state index in [1.807, 2.05) is 39.9 Å². The summed E-state index contributed by atoms with van der Waals surface area (Å²) in [5, 5.41) is 9.62. The van der Waals surface area contributed by atoms with E-state index in [4.69, 9.17) is 0 Å². The number of carbonyl (C=O) groups is 1. The average molecular weight is 323 g/mol. The number of carboxylic acid groups (broad SMARTS) is 1. The van der Waals surface area contributed by atoms with E-state index < -0.39 is 12.0 Å². The third kappa shape index (κ3) is 2.59. The molecule has 0 bridgehead atoms. The predicted molar refractivity (Wildman–Crippen MR) is 86.6 cm³/mol. The highest BCUT2D eigenvalue weighted by Crippen LogP contribution is 2.29. The highest BCUT2D eigenvalue weighted by Gasteiger charge is 2.34. The second-order valence-electron chi connectivity index (χ2n) is 5.86. The van der Waals surface area contributed by atoms with Gasteiger partial charge >= 0.3 is 5.97 Å². The minimum atomic E-state index is -0.863. The third-order valence-corrected chi connectivity index (χ3v) is 4.38. The first-order chi connectivity index (χ1) is 11.7. The molecule has 1 aliphatic rings. The van der Waals surface area contributed by atoms with Gasteiger partial charge in [0, 0.05) is 43.3 Å². The Hall–Kier alpha value is -2.93. The molecule has 3 aromatic rings. The Bertz CT molecular complexity index is 838. The molecule has 0 aliphatic carbocycles. The van der Waals surface area contributed by atoms with Crippen LogP contribution >= 0.6 is 0 Å². The number of carboxylic acids is 1. The fraction of sp³-hybridized carbons (Fsp3) is 0.235. The monoisotopic (exact) mass is 323 g/mol. The van der Waals surface area contributed by atoms with Gasteiger partial charge in [0.15, 0.2) is 6.04 Å². The summed E-state index contributed by atoms with van der Waals surface area (Å²) in [5.74, 6) is -0.863. The van der Waals surface area contributed by atoms with Gasteiger partial charge in [0.2, 0.25) is 0 Å². The van der Waals surface area contributed by atoms with Crippen molar-refractivity contribution in [2.24, 2.45) is 0 Å². The second-order valence-corrected chi connectivity index (χ2v) is 5.86. The van der Waals surface area contributed by atoms with Crippen molar-refractivity contribution in [3.8, 4) is 5.69 Å². The van der Waals surface area contributed by atoms with Gasteiger partial charge in [0.1, 0.15) is 0 Å².